The number of nitrogens with one attached hydrogen (secondary N) is 2. The molecule has 1 aliphatic heterocycles. The molecule has 0 unspecified atom stereocenters. The van der Waals surface area contributed by atoms with Crippen molar-refractivity contribution in [2.45, 2.75) is 49.6 Å². The summed E-state index contributed by atoms with van der Waals surface area (Å²) in [5, 5.41) is 53.9. The highest BCUT2D eigenvalue weighted by atomic mass is 16.7. The molecule has 2 rings (SSSR count). The van der Waals surface area contributed by atoms with Crippen molar-refractivity contribution in [1.29, 1.82) is 0 Å². The molecule has 192 valence electrons. The van der Waals surface area contributed by atoms with Gasteiger partial charge in [-0.25, -0.2) is 4.79 Å². The van der Waals surface area contributed by atoms with Gasteiger partial charge in [0.05, 0.1) is 25.2 Å². The fourth-order valence-corrected chi connectivity index (χ4v) is 3.42. The topological polar surface area (TPSA) is 229 Å². The minimum absolute atomic E-state index is 0.0972. The molecular formula is C21H26N2O12. The number of esters is 1. The highest BCUT2D eigenvalue weighted by molar-refractivity contribution is 5.96. The van der Waals surface area contributed by atoms with Gasteiger partial charge in [0.2, 0.25) is 5.91 Å². The predicted molar refractivity (Wildman–Crippen MR) is 113 cm³/mol. The van der Waals surface area contributed by atoms with Crippen molar-refractivity contribution in [3.63, 3.8) is 0 Å². The smallest absolute Gasteiger partial charge is 0.377 e. The average molecular weight is 498 g/mol. The Hall–Kier alpha value is -3.43. The number of aldehydes is 1. The zero-order chi connectivity index (χ0) is 26.3. The van der Waals surface area contributed by atoms with Gasteiger partial charge in [0.1, 0.15) is 31.1 Å². The van der Waals surface area contributed by atoms with E-state index in [9.17, 15) is 44.4 Å². The first-order chi connectivity index (χ1) is 16.4. The van der Waals surface area contributed by atoms with Crippen LogP contribution in [0.5, 0.6) is 0 Å². The molecule has 0 saturated carbocycles. The molecule has 14 nitrogen and oxygen atoms in total. The van der Waals surface area contributed by atoms with Crippen LogP contribution in [0.25, 0.3) is 0 Å². The number of carbonyl (C=O) groups is 5. The van der Waals surface area contributed by atoms with Gasteiger partial charge in [-0.1, -0.05) is 12.1 Å². The molecule has 6 atom stereocenters. The minimum Gasteiger partial charge on any atom is -0.476 e. The maximum absolute atomic E-state index is 12.4. The largest absolute Gasteiger partial charge is 0.476 e. The normalized spacial score (nSPS) is 25.6. The van der Waals surface area contributed by atoms with E-state index in [2.05, 4.69) is 10.6 Å². The van der Waals surface area contributed by atoms with Crippen molar-refractivity contribution in [1.82, 2.24) is 10.6 Å². The molecular weight excluding hydrogens is 472 g/mol. The van der Waals surface area contributed by atoms with Crippen LogP contribution in [0.3, 0.4) is 0 Å². The minimum atomic E-state index is -2.86. The quantitative estimate of drug-likeness (QED) is 0.126. The van der Waals surface area contributed by atoms with Crippen LogP contribution in [-0.2, 0) is 23.9 Å². The van der Waals surface area contributed by atoms with Crippen LogP contribution in [0.2, 0.25) is 0 Å². The van der Waals surface area contributed by atoms with Crippen LogP contribution in [0.15, 0.2) is 24.3 Å². The number of hydrogen-bond donors (Lipinski definition) is 7. The van der Waals surface area contributed by atoms with Crippen molar-refractivity contribution in [2.75, 3.05) is 13.2 Å². The van der Waals surface area contributed by atoms with E-state index in [4.69, 9.17) is 14.6 Å². The molecule has 7 N–H and O–H groups in total. The molecule has 0 spiro atoms. The first-order valence-electron chi connectivity index (χ1n) is 10.3. The second-order valence-electron chi connectivity index (χ2n) is 7.78. The van der Waals surface area contributed by atoms with Gasteiger partial charge in [0.15, 0.2) is 0 Å². The van der Waals surface area contributed by atoms with E-state index in [0.29, 0.717) is 11.8 Å². The summed E-state index contributed by atoms with van der Waals surface area (Å²) >= 11 is 0. The Morgan fingerprint density at radius 2 is 1.86 bits per heavy atom. The third-order valence-electron chi connectivity index (χ3n) is 5.17. The summed E-state index contributed by atoms with van der Waals surface area (Å²) in [6, 6.07) is 3.96. The molecule has 1 heterocycles. The summed E-state index contributed by atoms with van der Waals surface area (Å²) in [6.07, 6.45) is -7.71. The van der Waals surface area contributed by atoms with Crippen LogP contribution in [0.1, 0.15) is 34.1 Å². The van der Waals surface area contributed by atoms with E-state index in [1.165, 1.54) is 24.3 Å². The predicted octanol–water partition coefficient (Wildman–Crippen LogP) is -3.08. The Bertz CT molecular complexity index is 952. The number of amides is 2. The Labute approximate surface area is 198 Å². The standard InChI is InChI=1S/C21H26N2O12/c1-10(26)23-16-13(27)6-21(20(32)33,35-18(16)17(30)14(28)9-25)34-15(29)7-22-19(31)12-4-2-11(8-24)3-5-12/h2-5,8,13-14,16-18,25,27-28,30H,6-7,9H2,1H3,(H,22,31)(H,23,26)(H,32,33)/t13-,14+,16+,17+,18+,21-/m0/s1. The molecule has 2 amide bonds. The van der Waals surface area contributed by atoms with Gasteiger partial charge < -0.3 is 45.6 Å². The summed E-state index contributed by atoms with van der Waals surface area (Å²) < 4.78 is 10.2. The van der Waals surface area contributed by atoms with Crippen molar-refractivity contribution in [3.8, 4) is 0 Å². The molecule has 1 fully saturated rings. The van der Waals surface area contributed by atoms with E-state index >= 15 is 0 Å². The Morgan fingerprint density at radius 1 is 1.23 bits per heavy atom. The molecule has 14 heteroatoms. The number of carbonyl (C=O) groups excluding carboxylic acids is 4. The number of ether oxygens (including phenoxy) is 2. The number of aliphatic hydroxyl groups excluding tert-OH is 4. The molecule has 0 aromatic heterocycles. The molecule has 1 aromatic carbocycles. The van der Waals surface area contributed by atoms with Crippen LogP contribution in [0.4, 0.5) is 0 Å². The summed E-state index contributed by atoms with van der Waals surface area (Å²) in [5.41, 5.74) is 0.415. The van der Waals surface area contributed by atoms with Gasteiger partial charge in [-0.3, -0.25) is 19.2 Å². The first-order valence-corrected chi connectivity index (χ1v) is 10.3. The molecule has 35 heavy (non-hydrogen) atoms. The number of hydrogen-bond acceptors (Lipinski definition) is 11. The molecule has 0 aliphatic carbocycles. The zero-order valence-electron chi connectivity index (χ0n) is 18.5. The average Bonchev–Trinajstić information content (AvgIpc) is 2.82. The van der Waals surface area contributed by atoms with E-state index in [-0.39, 0.29) is 5.56 Å². The van der Waals surface area contributed by atoms with Crippen molar-refractivity contribution < 1.29 is 59.0 Å². The third kappa shape index (κ3) is 6.80. The van der Waals surface area contributed by atoms with Crippen molar-refractivity contribution >= 4 is 30.0 Å². The first kappa shape index (κ1) is 27.8. The lowest BCUT2D eigenvalue weighted by Gasteiger charge is -2.46. The van der Waals surface area contributed by atoms with Crippen LogP contribution in [-0.4, -0.2) is 105 Å². The highest BCUT2D eigenvalue weighted by Crippen LogP contribution is 2.33. The lowest BCUT2D eigenvalue weighted by atomic mass is 9.88. The zero-order valence-corrected chi connectivity index (χ0v) is 18.5. The molecule has 1 saturated heterocycles. The summed E-state index contributed by atoms with van der Waals surface area (Å²) in [6.45, 7) is -0.707. The van der Waals surface area contributed by atoms with E-state index in [1.54, 1.807) is 0 Å². The van der Waals surface area contributed by atoms with Crippen LogP contribution in [0, 0.1) is 0 Å². The fourth-order valence-electron chi connectivity index (χ4n) is 3.42. The fraction of sp³-hybridized carbons (Fsp3) is 0.476. The highest BCUT2D eigenvalue weighted by Gasteiger charge is 2.57. The lowest BCUT2D eigenvalue weighted by molar-refractivity contribution is -0.300. The van der Waals surface area contributed by atoms with Crippen molar-refractivity contribution in [2.24, 2.45) is 0 Å². The second kappa shape index (κ2) is 11.8. The van der Waals surface area contributed by atoms with Gasteiger partial charge in [-0.15, -0.1) is 0 Å². The summed E-state index contributed by atoms with van der Waals surface area (Å²) in [5.74, 6) is -7.44. The molecule has 0 bridgehead atoms. The number of carboxylic acid groups (broad SMARTS) is 1. The Kier molecular flexibility index (Phi) is 9.39. The summed E-state index contributed by atoms with van der Waals surface area (Å²) in [7, 11) is 0. The van der Waals surface area contributed by atoms with Gasteiger partial charge in [-0.05, 0) is 12.1 Å². The van der Waals surface area contributed by atoms with Gasteiger partial charge in [0.25, 0.3) is 5.91 Å². The maximum atomic E-state index is 12.4. The van der Waals surface area contributed by atoms with Crippen molar-refractivity contribution in [3.05, 3.63) is 35.4 Å². The van der Waals surface area contributed by atoms with E-state index < -0.39 is 79.6 Å². The number of aliphatic carboxylic acids is 1. The number of rotatable bonds is 10. The van der Waals surface area contributed by atoms with Crippen LogP contribution >= 0.6 is 0 Å². The Balaban J connectivity index is 2.18. The third-order valence-corrected chi connectivity index (χ3v) is 5.17. The molecule has 1 aromatic rings. The second-order valence-corrected chi connectivity index (χ2v) is 7.78. The SMILES string of the molecule is CC(=O)N[C@H]1[C@H]([C@H](O)[C@H](O)CO)O[C@](OC(=O)CNC(=O)c2ccc(C=O)cc2)(C(=O)O)C[C@@H]1O. The monoisotopic (exact) mass is 498 g/mol. The van der Waals surface area contributed by atoms with Gasteiger partial charge in [0, 0.05) is 18.1 Å². The lowest BCUT2D eigenvalue weighted by Crippen LogP contribution is -2.68. The summed E-state index contributed by atoms with van der Waals surface area (Å²) in [4.78, 5) is 58.7. The van der Waals surface area contributed by atoms with E-state index in [0.717, 1.165) is 6.92 Å². The number of aliphatic hydroxyl groups is 4. The maximum Gasteiger partial charge on any atom is 0.377 e. The van der Waals surface area contributed by atoms with E-state index in [1.807, 2.05) is 0 Å². The molecule has 0 radical (unpaired) electrons. The molecule has 1 aliphatic rings. The van der Waals surface area contributed by atoms with Gasteiger partial charge in [-0.2, -0.15) is 0 Å². The number of carboxylic acids is 1. The van der Waals surface area contributed by atoms with Crippen LogP contribution < -0.4 is 10.6 Å². The van der Waals surface area contributed by atoms with Gasteiger partial charge >= 0.3 is 17.7 Å². The number of benzene rings is 1. The Morgan fingerprint density at radius 3 is 2.37 bits per heavy atom.